The first-order valence-electron chi connectivity index (χ1n) is 4.76. The van der Waals surface area contributed by atoms with Gasteiger partial charge in [0.1, 0.15) is 5.84 Å². The van der Waals surface area contributed by atoms with Gasteiger partial charge in [-0.25, -0.2) is 0 Å². The summed E-state index contributed by atoms with van der Waals surface area (Å²) in [5.41, 5.74) is 5.01. The van der Waals surface area contributed by atoms with Crippen molar-refractivity contribution in [3.8, 4) is 0 Å². The highest BCUT2D eigenvalue weighted by molar-refractivity contribution is 5.91. The minimum absolute atomic E-state index is 0.282. The van der Waals surface area contributed by atoms with E-state index in [1.165, 1.54) is 31.5 Å². The molecule has 0 aliphatic heterocycles. The molecule has 1 aromatic rings. The molecule has 0 aromatic heterocycles. The lowest BCUT2D eigenvalue weighted by atomic mass is 10.2. The van der Waals surface area contributed by atoms with Crippen molar-refractivity contribution in [2.24, 2.45) is 10.7 Å². The fourth-order valence-corrected chi connectivity index (χ4v) is 1.08. The molecule has 0 radical (unpaired) electrons. The predicted molar refractivity (Wildman–Crippen MR) is 61.8 cm³/mol. The Morgan fingerprint density at radius 3 is 2.71 bits per heavy atom. The van der Waals surface area contributed by atoms with Gasteiger partial charge in [0.05, 0.1) is 5.56 Å². The van der Waals surface area contributed by atoms with Crippen molar-refractivity contribution in [2.75, 3.05) is 12.4 Å². The van der Waals surface area contributed by atoms with E-state index >= 15 is 0 Å². The quantitative estimate of drug-likeness (QED) is 0.633. The van der Waals surface area contributed by atoms with Crippen LogP contribution in [-0.4, -0.2) is 12.9 Å². The predicted octanol–water partition coefficient (Wildman–Crippen LogP) is 2.62. The summed E-state index contributed by atoms with van der Waals surface area (Å²) in [6.45, 7) is 0. The molecule has 0 spiro atoms. The Balaban J connectivity index is 2.77. The average Bonchev–Trinajstić information content (AvgIpc) is 2.28. The van der Waals surface area contributed by atoms with Crippen LogP contribution in [0.3, 0.4) is 0 Å². The van der Waals surface area contributed by atoms with Crippen LogP contribution >= 0.6 is 0 Å². The summed E-state index contributed by atoms with van der Waals surface area (Å²) in [7, 11) is 1.52. The Bertz CT molecular complexity index is 436. The van der Waals surface area contributed by atoms with Gasteiger partial charge in [-0.05, 0) is 24.3 Å². The molecule has 0 unspecified atom stereocenters. The molecule has 0 heterocycles. The molecule has 0 atom stereocenters. The number of nitrogens with zero attached hydrogens (tertiary/aromatic N) is 1. The van der Waals surface area contributed by atoms with Crippen molar-refractivity contribution in [3.05, 3.63) is 42.1 Å². The number of nitrogens with two attached hydrogens (primary N) is 1. The van der Waals surface area contributed by atoms with Crippen LogP contribution in [0.25, 0.3) is 0 Å². The van der Waals surface area contributed by atoms with Gasteiger partial charge in [0.25, 0.3) is 0 Å². The molecule has 0 bridgehead atoms. The molecule has 0 saturated carbocycles. The van der Waals surface area contributed by atoms with Gasteiger partial charge in [0, 0.05) is 18.9 Å². The summed E-state index contributed by atoms with van der Waals surface area (Å²) >= 11 is 0. The number of hydrogen-bond donors (Lipinski definition) is 2. The number of nitrogens with one attached hydrogen (secondary N) is 1. The van der Waals surface area contributed by atoms with E-state index in [-0.39, 0.29) is 5.84 Å². The van der Waals surface area contributed by atoms with Gasteiger partial charge in [-0.15, -0.1) is 0 Å². The second kappa shape index (κ2) is 5.38. The van der Waals surface area contributed by atoms with E-state index in [2.05, 4.69) is 10.3 Å². The van der Waals surface area contributed by atoms with Crippen LogP contribution in [-0.2, 0) is 6.18 Å². The summed E-state index contributed by atoms with van der Waals surface area (Å²) in [4.78, 5) is 3.66. The van der Waals surface area contributed by atoms with Crippen molar-refractivity contribution in [3.63, 3.8) is 0 Å². The number of benzene rings is 1. The minimum Gasteiger partial charge on any atom is -0.384 e. The SMILES string of the molecule is CN=C(N)/C=C\Nc1cccc(C(F)(F)F)c1. The smallest absolute Gasteiger partial charge is 0.384 e. The van der Waals surface area contributed by atoms with E-state index in [1.807, 2.05) is 0 Å². The molecule has 6 heteroatoms. The lowest BCUT2D eigenvalue weighted by Crippen LogP contribution is -2.08. The number of rotatable bonds is 3. The van der Waals surface area contributed by atoms with Crippen molar-refractivity contribution >= 4 is 11.5 Å². The van der Waals surface area contributed by atoms with Crippen LogP contribution in [0.1, 0.15) is 5.56 Å². The van der Waals surface area contributed by atoms with E-state index < -0.39 is 11.7 Å². The van der Waals surface area contributed by atoms with E-state index in [0.717, 1.165) is 12.1 Å². The topological polar surface area (TPSA) is 50.4 Å². The number of halogens is 3. The highest BCUT2D eigenvalue weighted by Gasteiger charge is 2.30. The molecule has 0 fully saturated rings. The maximum atomic E-state index is 12.4. The highest BCUT2D eigenvalue weighted by atomic mass is 19.4. The van der Waals surface area contributed by atoms with E-state index in [9.17, 15) is 13.2 Å². The summed E-state index contributed by atoms with van der Waals surface area (Å²) in [5, 5.41) is 2.68. The molecular formula is C11H12F3N3. The monoisotopic (exact) mass is 243 g/mol. The highest BCUT2D eigenvalue weighted by Crippen LogP contribution is 2.30. The maximum Gasteiger partial charge on any atom is 0.416 e. The lowest BCUT2D eigenvalue weighted by Gasteiger charge is -2.08. The number of amidine groups is 1. The molecule has 0 amide bonds. The molecule has 0 aliphatic carbocycles. The van der Waals surface area contributed by atoms with Crippen LogP contribution in [0.15, 0.2) is 41.5 Å². The van der Waals surface area contributed by atoms with Gasteiger partial charge in [-0.3, -0.25) is 4.99 Å². The minimum atomic E-state index is -4.34. The Hall–Kier alpha value is -1.98. The second-order valence-corrected chi connectivity index (χ2v) is 3.20. The summed E-state index contributed by atoms with van der Waals surface area (Å²) in [5.74, 6) is 0.282. The van der Waals surface area contributed by atoms with Crippen molar-refractivity contribution in [1.82, 2.24) is 0 Å². The average molecular weight is 243 g/mol. The Labute approximate surface area is 96.8 Å². The van der Waals surface area contributed by atoms with Gasteiger partial charge in [0.2, 0.25) is 0 Å². The van der Waals surface area contributed by atoms with Gasteiger partial charge in [0.15, 0.2) is 0 Å². The van der Waals surface area contributed by atoms with Crippen LogP contribution in [0.5, 0.6) is 0 Å². The molecule has 3 nitrogen and oxygen atoms in total. The number of aliphatic imine (C=N–C) groups is 1. The largest absolute Gasteiger partial charge is 0.416 e. The summed E-state index contributed by atoms with van der Waals surface area (Å²) in [6.07, 6.45) is -1.45. The zero-order valence-electron chi connectivity index (χ0n) is 9.12. The van der Waals surface area contributed by atoms with Crippen molar-refractivity contribution < 1.29 is 13.2 Å². The summed E-state index contributed by atoms with van der Waals surface area (Å²) in [6, 6.07) is 4.88. The molecular weight excluding hydrogens is 231 g/mol. The standard InChI is InChI=1S/C11H12F3N3/c1-16-10(15)5-6-17-9-4-2-3-8(7-9)11(12,13)14/h2-7,17H,1H3,(H2,15,16)/b6-5-. The van der Waals surface area contributed by atoms with Gasteiger partial charge < -0.3 is 11.1 Å². The zero-order valence-corrected chi connectivity index (χ0v) is 9.12. The van der Waals surface area contributed by atoms with Gasteiger partial charge in [-0.2, -0.15) is 13.2 Å². The van der Waals surface area contributed by atoms with E-state index in [0.29, 0.717) is 5.69 Å². The Morgan fingerprint density at radius 1 is 1.41 bits per heavy atom. The third-order valence-corrected chi connectivity index (χ3v) is 1.95. The van der Waals surface area contributed by atoms with Crippen LogP contribution in [0, 0.1) is 0 Å². The molecule has 0 aliphatic rings. The fourth-order valence-electron chi connectivity index (χ4n) is 1.08. The molecule has 3 N–H and O–H groups in total. The maximum absolute atomic E-state index is 12.4. The number of alkyl halides is 3. The molecule has 92 valence electrons. The third-order valence-electron chi connectivity index (χ3n) is 1.95. The molecule has 0 saturated heterocycles. The van der Waals surface area contributed by atoms with E-state index in [4.69, 9.17) is 5.73 Å². The van der Waals surface area contributed by atoms with E-state index in [1.54, 1.807) is 0 Å². The Kier molecular flexibility index (Phi) is 4.14. The summed E-state index contributed by atoms with van der Waals surface area (Å²) < 4.78 is 37.2. The first-order chi connectivity index (χ1) is 7.93. The molecule has 1 rings (SSSR count). The fraction of sp³-hybridized carbons (Fsp3) is 0.182. The van der Waals surface area contributed by atoms with Crippen molar-refractivity contribution in [1.29, 1.82) is 0 Å². The first-order valence-corrected chi connectivity index (χ1v) is 4.76. The first kappa shape index (κ1) is 13.1. The second-order valence-electron chi connectivity index (χ2n) is 3.20. The Morgan fingerprint density at radius 2 is 2.12 bits per heavy atom. The van der Waals surface area contributed by atoms with Gasteiger partial charge in [-0.1, -0.05) is 6.07 Å². The normalized spacial score (nSPS) is 13.1. The molecule has 17 heavy (non-hydrogen) atoms. The van der Waals surface area contributed by atoms with Crippen LogP contribution in [0.4, 0.5) is 18.9 Å². The van der Waals surface area contributed by atoms with Gasteiger partial charge >= 0.3 is 6.18 Å². The van der Waals surface area contributed by atoms with Crippen molar-refractivity contribution in [2.45, 2.75) is 6.18 Å². The number of anilines is 1. The lowest BCUT2D eigenvalue weighted by molar-refractivity contribution is -0.137. The van der Waals surface area contributed by atoms with Crippen LogP contribution < -0.4 is 11.1 Å². The van der Waals surface area contributed by atoms with Crippen LogP contribution in [0.2, 0.25) is 0 Å². The zero-order chi connectivity index (χ0) is 12.9. The third kappa shape index (κ3) is 4.18. The number of hydrogen-bond acceptors (Lipinski definition) is 2. The molecule has 1 aromatic carbocycles.